The van der Waals surface area contributed by atoms with Crippen LogP contribution in [0, 0.1) is 22.5 Å². The minimum Gasteiger partial charge on any atom is -0.508 e. The largest absolute Gasteiger partial charge is 0.508 e. The highest BCUT2D eigenvalue weighted by Crippen LogP contribution is 2.55. The summed E-state index contributed by atoms with van der Waals surface area (Å²) in [4.78, 5) is 18.8. The molecular formula is C40H47F2N5O5S. The summed E-state index contributed by atoms with van der Waals surface area (Å²) in [5.74, 6) is 0.853. The number of anilines is 1. The number of piperidine rings is 1. The lowest BCUT2D eigenvalue weighted by molar-refractivity contribution is -0.0719. The van der Waals surface area contributed by atoms with Gasteiger partial charge >= 0.3 is 6.01 Å². The molecule has 5 aliphatic rings. The highest BCUT2D eigenvalue weighted by molar-refractivity contribution is 7.86. The first kappa shape index (κ1) is 35.2. The van der Waals surface area contributed by atoms with Gasteiger partial charge in [0.1, 0.15) is 34.2 Å². The number of likely N-dealkylation sites (tertiary alicyclic amines) is 1. The van der Waals surface area contributed by atoms with Crippen LogP contribution in [-0.4, -0.2) is 103 Å². The van der Waals surface area contributed by atoms with Crippen LogP contribution in [0.2, 0.25) is 0 Å². The van der Waals surface area contributed by atoms with Crippen molar-refractivity contribution in [2.75, 3.05) is 55.9 Å². The maximum absolute atomic E-state index is 17.1. The molecule has 3 saturated heterocycles. The van der Waals surface area contributed by atoms with Crippen molar-refractivity contribution in [3.8, 4) is 23.0 Å². The van der Waals surface area contributed by atoms with Gasteiger partial charge in [0.05, 0.1) is 31.8 Å². The Morgan fingerprint density at radius 1 is 1.11 bits per heavy atom. The minimum absolute atomic E-state index is 0.00542. The zero-order chi connectivity index (χ0) is 36.7. The molecule has 0 amide bonds. The summed E-state index contributed by atoms with van der Waals surface area (Å²) in [7, 11) is -0.645. The van der Waals surface area contributed by atoms with Gasteiger partial charge in [-0.25, -0.2) is 8.78 Å². The lowest BCUT2D eigenvalue weighted by Gasteiger charge is -2.60. The summed E-state index contributed by atoms with van der Waals surface area (Å²) in [5.41, 5.74) is -0.364. The number of pyridine rings is 1. The molecule has 282 valence electrons. The fourth-order valence-electron chi connectivity index (χ4n) is 10.4. The number of hydrogen-bond donors (Lipinski definition) is 2. The highest BCUT2D eigenvalue weighted by Gasteiger charge is 2.58. The molecule has 2 saturated carbocycles. The van der Waals surface area contributed by atoms with Gasteiger partial charge in [-0.2, -0.15) is 9.97 Å². The number of benzene rings is 2. The molecular weight excluding hydrogens is 701 g/mol. The van der Waals surface area contributed by atoms with E-state index in [1.54, 1.807) is 13.0 Å². The maximum Gasteiger partial charge on any atom is 0.319 e. The smallest absolute Gasteiger partial charge is 0.319 e. The molecule has 5 fully saturated rings. The second kappa shape index (κ2) is 13.1. The van der Waals surface area contributed by atoms with Crippen LogP contribution in [0.4, 0.5) is 14.6 Å². The summed E-state index contributed by atoms with van der Waals surface area (Å²) in [6, 6.07) is 6.84. The number of fused-ring (bicyclic) bond motifs is 3. The molecule has 1 spiro atoms. The number of phenolic OH excluding ortho intramolecular Hbond substituents is 1. The van der Waals surface area contributed by atoms with Gasteiger partial charge in [-0.15, -0.1) is 0 Å². The molecule has 4 aromatic rings. The lowest BCUT2D eigenvalue weighted by Crippen LogP contribution is -2.65. The molecule has 13 heteroatoms. The van der Waals surface area contributed by atoms with E-state index in [9.17, 15) is 14.4 Å². The number of aliphatic hydroxyl groups is 1. The van der Waals surface area contributed by atoms with Gasteiger partial charge in [-0.3, -0.25) is 14.1 Å². The SMILES string of the molecule is CCc1c(F)ccc2cc(O)cc(-c3ncc4c(N5CCOCC(C)(O)C5)nc(OCC56CCCC5N(C5CC7(C5)CS(=O)C7)CCC6)nc4c3F)c12. The third-order valence-corrected chi connectivity index (χ3v) is 14.6. The number of phenols is 1. The monoisotopic (exact) mass is 747 g/mol. The van der Waals surface area contributed by atoms with E-state index < -0.39 is 28.0 Å². The van der Waals surface area contributed by atoms with Crippen molar-refractivity contribution < 1.29 is 32.7 Å². The molecule has 3 atom stereocenters. The first-order chi connectivity index (χ1) is 25.5. The third kappa shape index (κ3) is 6.06. The number of aromatic hydroxyl groups is 1. The van der Waals surface area contributed by atoms with E-state index in [-0.39, 0.29) is 52.5 Å². The van der Waals surface area contributed by atoms with Crippen molar-refractivity contribution in [2.45, 2.75) is 82.9 Å². The van der Waals surface area contributed by atoms with Crippen LogP contribution in [-0.2, 0) is 22.0 Å². The molecule has 9 rings (SSSR count). The minimum atomic E-state index is -1.18. The van der Waals surface area contributed by atoms with E-state index in [0.29, 0.717) is 65.8 Å². The van der Waals surface area contributed by atoms with E-state index in [1.807, 2.05) is 11.8 Å². The number of β-amino-alcohol motifs (C(OH)–C–C–N with tert-alkyl or cyclic N) is 1. The topological polar surface area (TPSA) is 121 Å². The fourth-order valence-corrected chi connectivity index (χ4v) is 12.1. The van der Waals surface area contributed by atoms with Gasteiger partial charge in [0.25, 0.3) is 0 Å². The first-order valence-corrected chi connectivity index (χ1v) is 20.6. The number of aryl methyl sites for hydroxylation is 1. The molecule has 2 N–H and O–H groups in total. The number of ether oxygens (including phenoxy) is 2. The number of aromatic nitrogens is 3. The zero-order valence-corrected chi connectivity index (χ0v) is 31.2. The Balaban J connectivity index is 1.10. The normalized spacial score (nSPS) is 31.7. The zero-order valence-electron chi connectivity index (χ0n) is 30.4. The summed E-state index contributed by atoms with van der Waals surface area (Å²) >= 11 is 0. The third-order valence-electron chi connectivity index (χ3n) is 12.7. The van der Waals surface area contributed by atoms with Gasteiger partial charge in [-0.1, -0.05) is 19.4 Å². The summed E-state index contributed by atoms with van der Waals surface area (Å²) in [6.45, 7) is 6.08. The average Bonchev–Trinajstić information content (AvgIpc) is 3.45. The molecule has 10 nitrogen and oxygen atoms in total. The average molecular weight is 748 g/mol. The van der Waals surface area contributed by atoms with E-state index in [0.717, 1.165) is 63.0 Å². The number of rotatable bonds is 7. The van der Waals surface area contributed by atoms with Gasteiger partial charge in [0, 0.05) is 58.1 Å². The van der Waals surface area contributed by atoms with Crippen molar-refractivity contribution in [1.29, 1.82) is 0 Å². The van der Waals surface area contributed by atoms with Crippen molar-refractivity contribution >= 4 is 38.3 Å². The Kier molecular flexibility index (Phi) is 8.67. The van der Waals surface area contributed by atoms with Crippen LogP contribution in [0.25, 0.3) is 32.9 Å². The molecule has 2 aliphatic carbocycles. The Morgan fingerprint density at radius 2 is 1.92 bits per heavy atom. The van der Waals surface area contributed by atoms with Crippen LogP contribution in [0.5, 0.6) is 11.8 Å². The summed E-state index contributed by atoms with van der Waals surface area (Å²) < 4.78 is 56.4. The van der Waals surface area contributed by atoms with Gasteiger partial charge in [-0.05, 0) is 98.4 Å². The van der Waals surface area contributed by atoms with Crippen LogP contribution in [0.3, 0.4) is 0 Å². The number of nitrogens with zero attached hydrogens (tertiary/aromatic N) is 5. The molecule has 0 radical (unpaired) electrons. The summed E-state index contributed by atoms with van der Waals surface area (Å²) in [6.07, 6.45) is 9.49. The van der Waals surface area contributed by atoms with E-state index in [4.69, 9.17) is 19.4 Å². The molecule has 2 aromatic carbocycles. The predicted molar refractivity (Wildman–Crippen MR) is 200 cm³/mol. The molecule has 2 aromatic heterocycles. The van der Waals surface area contributed by atoms with Gasteiger partial charge in [0.15, 0.2) is 5.82 Å². The van der Waals surface area contributed by atoms with Crippen molar-refractivity contribution in [3.05, 3.63) is 47.7 Å². The van der Waals surface area contributed by atoms with Crippen molar-refractivity contribution in [3.63, 3.8) is 0 Å². The Morgan fingerprint density at radius 3 is 2.72 bits per heavy atom. The van der Waals surface area contributed by atoms with E-state index in [1.165, 1.54) is 24.4 Å². The molecule has 53 heavy (non-hydrogen) atoms. The molecule has 0 bridgehead atoms. The Hall–Kier alpha value is -3.52. The van der Waals surface area contributed by atoms with Gasteiger partial charge < -0.3 is 24.6 Å². The Bertz CT molecular complexity index is 2120. The molecule has 5 heterocycles. The van der Waals surface area contributed by atoms with Crippen molar-refractivity contribution in [2.24, 2.45) is 10.8 Å². The van der Waals surface area contributed by atoms with E-state index >= 15 is 8.78 Å². The van der Waals surface area contributed by atoms with Crippen LogP contribution in [0.1, 0.15) is 64.4 Å². The summed E-state index contributed by atoms with van der Waals surface area (Å²) in [5, 5.41) is 23.2. The standard InChI is InChI=1S/C40H47F2N5O5S/c1-3-27-30(41)8-7-24-14-26(48)15-28(32(24)27)34-33(42)35-29(18-43-34)36(46-12-13-51-20-38(2,49)19-46)45-37(44-35)52-21-40-9-4-6-31(40)47(11-5-10-40)25-16-39(17-25)22-53(50)23-39/h7-8,14-15,18,25,31,48-49H,3-6,9-13,16-17,19-23H2,1-2H3. The van der Waals surface area contributed by atoms with Crippen LogP contribution >= 0.6 is 0 Å². The second-order valence-corrected chi connectivity index (χ2v) is 18.1. The molecule has 3 aliphatic heterocycles. The Labute approximate surface area is 310 Å². The number of hydrogen-bond acceptors (Lipinski definition) is 10. The second-order valence-electron chi connectivity index (χ2n) is 16.6. The van der Waals surface area contributed by atoms with Crippen LogP contribution in [0.15, 0.2) is 30.5 Å². The highest BCUT2D eigenvalue weighted by atomic mass is 32.2. The van der Waals surface area contributed by atoms with Crippen LogP contribution < -0.4 is 9.64 Å². The maximum atomic E-state index is 17.1. The quantitative estimate of drug-likeness (QED) is 0.236. The lowest BCUT2D eigenvalue weighted by atomic mass is 9.64. The number of halogens is 2. The fraction of sp³-hybridized carbons (Fsp3) is 0.575. The first-order valence-electron chi connectivity index (χ1n) is 19.1. The predicted octanol–water partition coefficient (Wildman–Crippen LogP) is 5.90. The van der Waals surface area contributed by atoms with Gasteiger partial charge in [0.2, 0.25) is 0 Å². The van der Waals surface area contributed by atoms with E-state index in [2.05, 4.69) is 9.88 Å². The van der Waals surface area contributed by atoms with Crippen molar-refractivity contribution in [1.82, 2.24) is 19.9 Å². The molecule has 3 unspecified atom stereocenters.